The van der Waals surface area contributed by atoms with E-state index in [-0.39, 0.29) is 11.3 Å². The van der Waals surface area contributed by atoms with E-state index in [9.17, 15) is 14.7 Å². The Morgan fingerprint density at radius 2 is 1.73 bits per heavy atom. The highest BCUT2D eigenvalue weighted by Crippen LogP contribution is 2.15. The Bertz CT molecular complexity index is 824. The number of carbonyl (C=O) groups is 2. The van der Waals surface area contributed by atoms with Crippen LogP contribution in [0, 0.1) is 0 Å². The molecule has 0 unspecified atom stereocenters. The van der Waals surface area contributed by atoms with Gasteiger partial charge in [-0.25, -0.2) is 5.43 Å². The van der Waals surface area contributed by atoms with Gasteiger partial charge in [0.05, 0.1) is 18.9 Å². The summed E-state index contributed by atoms with van der Waals surface area (Å²) in [5.74, 6) is -0.559. The number of hydrogen-bond donors (Lipinski definition) is 3. The number of anilines is 1. The number of ether oxygens (including phenoxy) is 1. The molecule has 3 N–H and O–H groups in total. The van der Waals surface area contributed by atoms with Crippen molar-refractivity contribution in [2.24, 2.45) is 5.10 Å². The Kier molecular flexibility index (Phi) is 6.50. The number of allylic oxidation sites excluding steroid dienone is 1. The molecule has 0 bridgehead atoms. The summed E-state index contributed by atoms with van der Waals surface area (Å²) in [6.07, 6.45) is 1.09. The van der Waals surface area contributed by atoms with Crippen molar-refractivity contribution in [1.82, 2.24) is 5.43 Å². The van der Waals surface area contributed by atoms with Crippen molar-refractivity contribution in [3.63, 3.8) is 0 Å². The van der Waals surface area contributed by atoms with Crippen molar-refractivity contribution in [3.05, 3.63) is 71.5 Å². The summed E-state index contributed by atoms with van der Waals surface area (Å²) in [7, 11) is 1.55. The molecule has 7 heteroatoms. The molecule has 2 aromatic rings. The summed E-state index contributed by atoms with van der Waals surface area (Å²) in [6.45, 7) is 1.36. The zero-order valence-corrected chi connectivity index (χ0v) is 14.4. The molecule has 0 heterocycles. The molecule has 2 rings (SSSR count). The van der Waals surface area contributed by atoms with Crippen molar-refractivity contribution < 1.29 is 19.4 Å². The zero-order valence-electron chi connectivity index (χ0n) is 14.4. The molecular weight excluding hydrogens is 334 g/mol. The minimum absolute atomic E-state index is 0.0748. The highest BCUT2D eigenvalue weighted by molar-refractivity contribution is 6.18. The second-order valence-corrected chi connectivity index (χ2v) is 5.25. The summed E-state index contributed by atoms with van der Waals surface area (Å²) < 4.78 is 5.05. The third-order valence-corrected chi connectivity index (χ3v) is 3.38. The van der Waals surface area contributed by atoms with Crippen LogP contribution in [0.15, 0.2) is 71.0 Å². The maximum absolute atomic E-state index is 12.3. The smallest absolute Gasteiger partial charge is 0.271 e. The molecular formula is C19H19N3O4. The van der Waals surface area contributed by atoms with Crippen LogP contribution in [-0.2, 0) is 4.79 Å². The monoisotopic (exact) mass is 353 g/mol. The predicted molar refractivity (Wildman–Crippen MR) is 99.4 cm³/mol. The number of nitrogens with zero attached hydrogens (tertiary/aromatic N) is 1. The van der Waals surface area contributed by atoms with Gasteiger partial charge in [-0.2, -0.15) is 5.10 Å². The molecule has 0 fully saturated rings. The van der Waals surface area contributed by atoms with Crippen LogP contribution in [0.3, 0.4) is 0 Å². The van der Waals surface area contributed by atoms with E-state index in [1.165, 1.54) is 6.92 Å². The molecule has 0 radical (unpaired) electrons. The quantitative estimate of drug-likeness (QED) is 0.322. The molecule has 7 nitrogen and oxygen atoms in total. The van der Waals surface area contributed by atoms with Crippen LogP contribution in [0.1, 0.15) is 17.3 Å². The van der Waals surface area contributed by atoms with Crippen molar-refractivity contribution in [3.8, 4) is 5.75 Å². The van der Waals surface area contributed by atoms with Gasteiger partial charge in [-0.1, -0.05) is 18.2 Å². The molecule has 0 spiro atoms. The number of carbonyl (C=O) groups excluding carboxylic acids is 2. The van der Waals surface area contributed by atoms with Gasteiger partial charge in [0, 0.05) is 11.3 Å². The lowest BCUT2D eigenvalue weighted by atomic mass is 10.2. The summed E-state index contributed by atoms with van der Waals surface area (Å²) in [5, 5.41) is 16.1. The first kappa shape index (κ1) is 18.7. The second-order valence-electron chi connectivity index (χ2n) is 5.25. The molecule has 0 aliphatic rings. The Balaban J connectivity index is 2.02. The van der Waals surface area contributed by atoms with E-state index >= 15 is 0 Å². The van der Waals surface area contributed by atoms with E-state index < -0.39 is 11.8 Å². The van der Waals surface area contributed by atoms with E-state index in [0.717, 1.165) is 6.21 Å². The van der Waals surface area contributed by atoms with Gasteiger partial charge >= 0.3 is 0 Å². The maximum atomic E-state index is 12.3. The molecule has 134 valence electrons. The third-order valence-electron chi connectivity index (χ3n) is 3.38. The van der Waals surface area contributed by atoms with Crippen molar-refractivity contribution >= 4 is 23.7 Å². The molecule has 0 aliphatic heterocycles. The van der Waals surface area contributed by atoms with Gasteiger partial charge in [-0.15, -0.1) is 0 Å². The Morgan fingerprint density at radius 1 is 1.08 bits per heavy atom. The molecule has 0 atom stereocenters. The number of hydrogen-bond acceptors (Lipinski definition) is 5. The lowest BCUT2D eigenvalue weighted by Crippen LogP contribution is -2.20. The fourth-order valence-corrected chi connectivity index (χ4v) is 2.00. The molecule has 2 aromatic carbocycles. The topological polar surface area (TPSA) is 100 Å². The van der Waals surface area contributed by atoms with Crippen LogP contribution < -0.4 is 15.5 Å². The lowest BCUT2D eigenvalue weighted by molar-refractivity contribution is -0.112. The number of benzene rings is 2. The molecule has 0 aliphatic carbocycles. The van der Waals surface area contributed by atoms with E-state index in [1.54, 1.807) is 61.7 Å². The van der Waals surface area contributed by atoms with Gasteiger partial charge in [0.15, 0.2) is 0 Å². The first-order valence-electron chi connectivity index (χ1n) is 7.75. The minimum atomic E-state index is -0.562. The number of rotatable bonds is 6. The molecule has 0 saturated heterocycles. The Labute approximate surface area is 151 Å². The van der Waals surface area contributed by atoms with Crippen LogP contribution in [0.2, 0.25) is 0 Å². The summed E-state index contributed by atoms with van der Waals surface area (Å²) >= 11 is 0. The van der Waals surface area contributed by atoms with Gasteiger partial charge in [-0.3, -0.25) is 9.59 Å². The lowest BCUT2D eigenvalue weighted by Gasteiger charge is -2.07. The molecule has 2 amide bonds. The second kappa shape index (κ2) is 9.03. The van der Waals surface area contributed by atoms with E-state index in [2.05, 4.69) is 15.8 Å². The van der Waals surface area contributed by atoms with Crippen molar-refractivity contribution in [1.29, 1.82) is 0 Å². The number of aliphatic hydroxyl groups is 1. The SMILES string of the molecule is COc1ccc(NC(=O)C(/C=N/NC(=O)c2ccccc2)=C(\C)O)cc1. The number of hydrazone groups is 1. The van der Waals surface area contributed by atoms with Gasteiger partial charge in [0.25, 0.3) is 11.8 Å². The van der Waals surface area contributed by atoms with E-state index in [0.29, 0.717) is 17.0 Å². The molecule has 0 aromatic heterocycles. The van der Waals surface area contributed by atoms with Crippen molar-refractivity contribution in [2.45, 2.75) is 6.92 Å². The van der Waals surface area contributed by atoms with E-state index in [4.69, 9.17) is 4.74 Å². The minimum Gasteiger partial charge on any atom is -0.512 e. The highest BCUT2D eigenvalue weighted by Gasteiger charge is 2.12. The number of nitrogens with one attached hydrogen (secondary N) is 2. The summed E-state index contributed by atoms with van der Waals surface area (Å²) in [5.41, 5.74) is 3.19. The fraction of sp³-hybridized carbons (Fsp3) is 0.105. The Morgan fingerprint density at radius 3 is 2.31 bits per heavy atom. The predicted octanol–water partition coefficient (Wildman–Crippen LogP) is 2.88. The average molecular weight is 353 g/mol. The van der Waals surface area contributed by atoms with Crippen molar-refractivity contribution in [2.75, 3.05) is 12.4 Å². The number of amides is 2. The summed E-state index contributed by atoms with van der Waals surface area (Å²) in [4.78, 5) is 24.2. The van der Waals surface area contributed by atoms with Crippen LogP contribution in [0.4, 0.5) is 5.69 Å². The summed E-state index contributed by atoms with van der Waals surface area (Å²) in [6, 6.07) is 15.2. The first-order valence-corrected chi connectivity index (χ1v) is 7.75. The van der Waals surface area contributed by atoms with Crippen LogP contribution in [0.5, 0.6) is 5.75 Å². The van der Waals surface area contributed by atoms with Gasteiger partial charge in [0.1, 0.15) is 11.5 Å². The van der Waals surface area contributed by atoms with Gasteiger partial charge in [-0.05, 0) is 43.3 Å². The number of methoxy groups -OCH3 is 1. The number of aliphatic hydroxyl groups excluding tert-OH is 1. The maximum Gasteiger partial charge on any atom is 0.271 e. The average Bonchev–Trinajstić information content (AvgIpc) is 2.66. The molecule has 26 heavy (non-hydrogen) atoms. The van der Waals surface area contributed by atoms with Crippen LogP contribution >= 0.6 is 0 Å². The third kappa shape index (κ3) is 5.20. The zero-order chi connectivity index (χ0) is 18.9. The largest absolute Gasteiger partial charge is 0.512 e. The normalized spacial score (nSPS) is 11.6. The standard InChI is InChI=1S/C19H19N3O4/c1-13(23)17(12-20-22-18(24)14-6-4-3-5-7-14)19(25)21-15-8-10-16(26-2)11-9-15/h3-12,23H,1-2H3,(H,21,25)(H,22,24)/b17-13+,20-12+. The van der Waals surface area contributed by atoms with Gasteiger partial charge < -0.3 is 15.2 Å². The van der Waals surface area contributed by atoms with Crippen LogP contribution in [-0.4, -0.2) is 30.2 Å². The Hall–Kier alpha value is -3.61. The van der Waals surface area contributed by atoms with E-state index in [1.807, 2.05) is 0 Å². The molecule has 0 saturated carbocycles. The highest BCUT2D eigenvalue weighted by atomic mass is 16.5. The fourth-order valence-electron chi connectivity index (χ4n) is 2.00. The first-order chi connectivity index (χ1) is 12.5. The van der Waals surface area contributed by atoms with Gasteiger partial charge in [0.2, 0.25) is 0 Å². The van der Waals surface area contributed by atoms with Crippen LogP contribution in [0.25, 0.3) is 0 Å².